The Morgan fingerprint density at radius 2 is 2.04 bits per heavy atom. The lowest BCUT2D eigenvalue weighted by atomic mass is 9.91. The predicted octanol–water partition coefficient (Wildman–Crippen LogP) is 2.28. The van der Waals surface area contributed by atoms with Gasteiger partial charge >= 0.3 is 0 Å². The van der Waals surface area contributed by atoms with Gasteiger partial charge in [-0.2, -0.15) is 0 Å². The SMILES string of the molecule is COc1cccc2c1OCC(C(=O)NC1CCC(N)CC1)=C2.Cl. The molecule has 1 heterocycles. The molecule has 1 aromatic rings. The molecule has 3 N–H and O–H groups in total. The maximum atomic E-state index is 12.4. The number of hydrogen-bond acceptors (Lipinski definition) is 4. The van der Waals surface area contributed by atoms with Crippen LogP contribution in [0.4, 0.5) is 0 Å². The van der Waals surface area contributed by atoms with Crippen LogP contribution in [0.15, 0.2) is 23.8 Å². The van der Waals surface area contributed by atoms with Crippen LogP contribution < -0.4 is 20.5 Å². The second-order valence-electron chi connectivity index (χ2n) is 5.92. The number of carbonyl (C=O) groups excluding carboxylic acids is 1. The maximum absolute atomic E-state index is 12.4. The summed E-state index contributed by atoms with van der Waals surface area (Å²) < 4.78 is 11.0. The molecule has 1 aliphatic heterocycles. The topological polar surface area (TPSA) is 73.6 Å². The van der Waals surface area contributed by atoms with E-state index in [1.54, 1.807) is 7.11 Å². The number of ether oxygens (including phenoxy) is 2. The van der Waals surface area contributed by atoms with E-state index < -0.39 is 0 Å². The first-order valence-corrected chi connectivity index (χ1v) is 7.74. The summed E-state index contributed by atoms with van der Waals surface area (Å²) in [6.07, 6.45) is 5.73. The van der Waals surface area contributed by atoms with Gasteiger partial charge in [0, 0.05) is 17.6 Å². The summed E-state index contributed by atoms with van der Waals surface area (Å²) in [5, 5.41) is 3.09. The molecule has 5 nitrogen and oxygen atoms in total. The molecule has 1 amide bonds. The molecule has 0 saturated heterocycles. The van der Waals surface area contributed by atoms with E-state index in [1.165, 1.54) is 0 Å². The van der Waals surface area contributed by atoms with Crippen molar-refractivity contribution in [1.82, 2.24) is 5.32 Å². The monoisotopic (exact) mass is 338 g/mol. The van der Waals surface area contributed by atoms with Crippen LogP contribution >= 0.6 is 12.4 Å². The number of halogens is 1. The van der Waals surface area contributed by atoms with Crippen molar-refractivity contribution in [3.63, 3.8) is 0 Å². The fourth-order valence-corrected chi connectivity index (χ4v) is 3.01. The molecule has 2 aliphatic rings. The molecule has 1 fully saturated rings. The minimum Gasteiger partial charge on any atom is -0.493 e. The molecule has 126 valence electrons. The van der Waals surface area contributed by atoms with Gasteiger partial charge in [0.25, 0.3) is 5.91 Å². The molecule has 0 bridgehead atoms. The summed E-state index contributed by atoms with van der Waals surface area (Å²) in [5.41, 5.74) is 7.42. The Hall–Kier alpha value is -1.72. The fraction of sp³-hybridized carbons (Fsp3) is 0.471. The lowest BCUT2D eigenvalue weighted by molar-refractivity contribution is -0.118. The Kier molecular flexibility index (Phi) is 5.91. The van der Waals surface area contributed by atoms with E-state index in [0.717, 1.165) is 31.2 Å². The first kappa shape index (κ1) is 17.6. The van der Waals surface area contributed by atoms with Crippen molar-refractivity contribution in [1.29, 1.82) is 0 Å². The first-order chi connectivity index (χ1) is 10.7. The molecule has 1 aromatic carbocycles. The van der Waals surface area contributed by atoms with Crippen LogP contribution in [0.2, 0.25) is 0 Å². The van der Waals surface area contributed by atoms with E-state index in [-0.39, 0.29) is 37.0 Å². The smallest absolute Gasteiger partial charge is 0.250 e. The van der Waals surface area contributed by atoms with E-state index in [4.69, 9.17) is 15.2 Å². The minimum absolute atomic E-state index is 0. The van der Waals surface area contributed by atoms with Crippen molar-refractivity contribution < 1.29 is 14.3 Å². The Bertz CT molecular complexity index is 596. The van der Waals surface area contributed by atoms with E-state index in [2.05, 4.69) is 5.32 Å². The van der Waals surface area contributed by atoms with Crippen molar-refractivity contribution in [3.8, 4) is 11.5 Å². The Balaban J connectivity index is 0.00000192. The first-order valence-electron chi connectivity index (χ1n) is 7.74. The van der Waals surface area contributed by atoms with Crippen molar-refractivity contribution in [2.45, 2.75) is 37.8 Å². The molecule has 6 heteroatoms. The Labute approximate surface area is 142 Å². The van der Waals surface area contributed by atoms with E-state index >= 15 is 0 Å². The van der Waals surface area contributed by atoms with Crippen LogP contribution in [-0.2, 0) is 4.79 Å². The van der Waals surface area contributed by atoms with Crippen LogP contribution in [-0.4, -0.2) is 31.7 Å². The van der Waals surface area contributed by atoms with Gasteiger partial charge in [0.05, 0.1) is 12.7 Å². The van der Waals surface area contributed by atoms with E-state index in [0.29, 0.717) is 17.1 Å². The van der Waals surface area contributed by atoms with Crippen molar-refractivity contribution in [2.75, 3.05) is 13.7 Å². The van der Waals surface area contributed by atoms with Crippen molar-refractivity contribution >= 4 is 24.4 Å². The van der Waals surface area contributed by atoms with Crippen LogP contribution in [0.25, 0.3) is 6.08 Å². The van der Waals surface area contributed by atoms with Crippen molar-refractivity contribution in [2.24, 2.45) is 5.73 Å². The lowest BCUT2D eigenvalue weighted by Crippen LogP contribution is -2.41. The molecule has 0 radical (unpaired) electrons. The number of fused-ring (bicyclic) bond motifs is 1. The second-order valence-corrected chi connectivity index (χ2v) is 5.92. The van der Waals surface area contributed by atoms with Gasteiger partial charge in [0.15, 0.2) is 11.5 Å². The Morgan fingerprint density at radius 3 is 2.74 bits per heavy atom. The highest BCUT2D eigenvalue weighted by molar-refractivity contribution is 5.99. The number of nitrogens with two attached hydrogens (primary N) is 1. The lowest BCUT2D eigenvalue weighted by Gasteiger charge is -2.27. The quantitative estimate of drug-likeness (QED) is 0.886. The number of hydrogen-bond donors (Lipinski definition) is 2. The van der Waals surface area contributed by atoms with E-state index in [9.17, 15) is 4.79 Å². The van der Waals surface area contributed by atoms with Crippen LogP contribution in [0.5, 0.6) is 11.5 Å². The zero-order valence-corrected chi connectivity index (χ0v) is 14.0. The van der Waals surface area contributed by atoms with Crippen LogP contribution in [0.3, 0.4) is 0 Å². The largest absolute Gasteiger partial charge is 0.493 e. The highest BCUT2D eigenvalue weighted by Gasteiger charge is 2.24. The van der Waals surface area contributed by atoms with Gasteiger partial charge in [-0.1, -0.05) is 12.1 Å². The summed E-state index contributed by atoms with van der Waals surface area (Å²) in [6, 6.07) is 6.16. The van der Waals surface area contributed by atoms with Crippen LogP contribution in [0, 0.1) is 0 Å². The zero-order chi connectivity index (χ0) is 15.5. The molecule has 23 heavy (non-hydrogen) atoms. The van der Waals surface area contributed by atoms with Gasteiger partial charge in [-0.05, 0) is 37.8 Å². The van der Waals surface area contributed by atoms with Gasteiger partial charge in [-0.25, -0.2) is 0 Å². The molecule has 1 aliphatic carbocycles. The van der Waals surface area contributed by atoms with E-state index in [1.807, 2.05) is 24.3 Å². The molecule has 0 unspecified atom stereocenters. The standard InChI is InChI=1S/C17H22N2O3.ClH/c1-21-15-4-2-3-11-9-12(10-22-16(11)15)17(20)19-14-7-5-13(18)6-8-14;/h2-4,9,13-14H,5-8,10,18H2,1H3,(H,19,20);1H. The third-order valence-electron chi connectivity index (χ3n) is 4.33. The molecular weight excluding hydrogens is 316 g/mol. The highest BCUT2D eigenvalue weighted by Crippen LogP contribution is 2.35. The number of carbonyl (C=O) groups is 1. The summed E-state index contributed by atoms with van der Waals surface area (Å²) in [5.74, 6) is 1.34. The summed E-state index contributed by atoms with van der Waals surface area (Å²) in [7, 11) is 1.61. The number of methoxy groups -OCH3 is 1. The van der Waals surface area contributed by atoms with Crippen molar-refractivity contribution in [3.05, 3.63) is 29.3 Å². The number of benzene rings is 1. The molecule has 1 saturated carbocycles. The third-order valence-corrected chi connectivity index (χ3v) is 4.33. The second kappa shape index (κ2) is 7.70. The normalized spacial score (nSPS) is 22.8. The zero-order valence-electron chi connectivity index (χ0n) is 13.2. The number of nitrogens with one attached hydrogen (secondary N) is 1. The predicted molar refractivity (Wildman–Crippen MR) is 92.1 cm³/mol. The molecular formula is C17H23ClN2O3. The summed E-state index contributed by atoms with van der Waals surface area (Å²) in [6.45, 7) is 0.269. The van der Waals surface area contributed by atoms with Gasteiger partial charge in [-0.3, -0.25) is 4.79 Å². The summed E-state index contributed by atoms with van der Waals surface area (Å²) >= 11 is 0. The molecule has 0 spiro atoms. The number of para-hydroxylation sites is 1. The maximum Gasteiger partial charge on any atom is 0.250 e. The molecule has 0 atom stereocenters. The minimum atomic E-state index is -0.0473. The van der Waals surface area contributed by atoms with Gasteiger partial charge in [0.1, 0.15) is 6.61 Å². The summed E-state index contributed by atoms with van der Waals surface area (Å²) in [4.78, 5) is 12.4. The van der Waals surface area contributed by atoms with Gasteiger partial charge < -0.3 is 20.5 Å². The average Bonchev–Trinajstić information content (AvgIpc) is 2.55. The molecule has 3 rings (SSSR count). The molecule has 0 aromatic heterocycles. The Morgan fingerprint density at radius 1 is 1.30 bits per heavy atom. The third kappa shape index (κ3) is 3.98. The van der Waals surface area contributed by atoms with Gasteiger partial charge in [0.2, 0.25) is 0 Å². The highest BCUT2D eigenvalue weighted by atomic mass is 35.5. The van der Waals surface area contributed by atoms with Gasteiger partial charge in [-0.15, -0.1) is 12.4 Å². The number of amides is 1. The number of rotatable bonds is 3. The fourth-order valence-electron chi connectivity index (χ4n) is 3.01. The van der Waals surface area contributed by atoms with Crippen LogP contribution in [0.1, 0.15) is 31.2 Å². The average molecular weight is 339 g/mol.